The molecular weight excluding hydrogens is 440 g/mol. The average molecular weight is 479 g/mol. The van der Waals surface area contributed by atoms with Crippen LogP contribution in [0.2, 0.25) is 0 Å². The van der Waals surface area contributed by atoms with Crippen molar-refractivity contribution in [1.82, 2.24) is 15.2 Å². The lowest BCUT2D eigenvalue weighted by molar-refractivity contribution is -0.124. The second kappa shape index (κ2) is 9.78. The summed E-state index contributed by atoms with van der Waals surface area (Å²) in [5.41, 5.74) is 6.87. The molecule has 1 aromatic carbocycles. The number of ether oxygens (including phenoxy) is 2. The average Bonchev–Trinajstić information content (AvgIpc) is 3.46. The summed E-state index contributed by atoms with van der Waals surface area (Å²) >= 11 is 0. The van der Waals surface area contributed by atoms with Crippen LogP contribution in [0.15, 0.2) is 24.3 Å². The summed E-state index contributed by atoms with van der Waals surface area (Å²) in [5.74, 6) is 0.465. The fraction of sp³-hybridized carbons (Fsp3) is 0.571. The van der Waals surface area contributed by atoms with E-state index in [0.29, 0.717) is 24.5 Å². The number of benzene rings is 1. The molecule has 1 amide bonds. The second-order valence-corrected chi connectivity index (χ2v) is 11.0. The van der Waals surface area contributed by atoms with E-state index >= 15 is 0 Å². The minimum atomic E-state index is -0.0505. The third-order valence-corrected chi connectivity index (χ3v) is 7.98. The van der Waals surface area contributed by atoms with Gasteiger partial charge in [0.15, 0.2) is 0 Å². The number of methoxy groups -OCH3 is 1. The molecule has 0 bridgehead atoms. The van der Waals surface area contributed by atoms with E-state index in [0.717, 1.165) is 66.9 Å². The highest BCUT2D eigenvalue weighted by atomic mass is 16.5. The van der Waals surface area contributed by atoms with E-state index in [-0.39, 0.29) is 11.8 Å². The summed E-state index contributed by atoms with van der Waals surface area (Å²) in [7, 11) is 1.68. The minimum absolute atomic E-state index is 0.0505. The van der Waals surface area contributed by atoms with Crippen LogP contribution in [0, 0.1) is 17.3 Å². The summed E-state index contributed by atoms with van der Waals surface area (Å²) in [6.07, 6.45) is 5.11. The molecule has 1 atom stereocenters. The molecule has 3 heterocycles. The zero-order valence-electron chi connectivity index (χ0n) is 21.4. The highest BCUT2D eigenvalue weighted by molar-refractivity contribution is 5.98. The molecule has 35 heavy (non-hydrogen) atoms. The van der Waals surface area contributed by atoms with Crippen molar-refractivity contribution in [2.45, 2.75) is 52.9 Å². The number of H-pyrrole nitrogens is 2. The molecule has 0 saturated carbocycles. The van der Waals surface area contributed by atoms with Gasteiger partial charge in [0.05, 0.1) is 12.3 Å². The van der Waals surface area contributed by atoms with Gasteiger partial charge in [-0.25, -0.2) is 0 Å². The first-order chi connectivity index (χ1) is 16.9. The lowest BCUT2D eigenvalue weighted by atomic mass is 9.76. The van der Waals surface area contributed by atoms with Gasteiger partial charge in [-0.3, -0.25) is 9.89 Å². The molecule has 5 rings (SSSR count). The number of carbonyl (C=O) groups is 1. The van der Waals surface area contributed by atoms with Crippen LogP contribution < -0.4 is 4.90 Å². The van der Waals surface area contributed by atoms with Crippen molar-refractivity contribution in [3.8, 4) is 11.4 Å². The third-order valence-electron chi connectivity index (χ3n) is 7.98. The normalized spacial score (nSPS) is 19.0. The number of hydrogen-bond acceptors (Lipinski definition) is 4. The largest absolute Gasteiger partial charge is 0.383 e. The summed E-state index contributed by atoms with van der Waals surface area (Å²) < 4.78 is 10.9. The molecule has 0 radical (unpaired) electrons. The molecule has 3 aromatic rings. The first kappa shape index (κ1) is 24.1. The first-order valence-corrected chi connectivity index (χ1v) is 12.9. The molecule has 1 aliphatic heterocycles. The van der Waals surface area contributed by atoms with E-state index in [1.165, 1.54) is 17.7 Å². The summed E-state index contributed by atoms with van der Waals surface area (Å²) in [6.45, 7) is 9.21. The van der Waals surface area contributed by atoms with Crippen LogP contribution in [-0.2, 0) is 27.1 Å². The molecule has 7 heteroatoms. The van der Waals surface area contributed by atoms with Gasteiger partial charge in [0.25, 0.3) is 0 Å². The fourth-order valence-corrected chi connectivity index (χ4v) is 5.69. The number of aromatic nitrogens is 3. The number of fused-ring (bicyclic) bond motifs is 2. The highest BCUT2D eigenvalue weighted by Crippen LogP contribution is 2.38. The van der Waals surface area contributed by atoms with Crippen LogP contribution in [0.3, 0.4) is 0 Å². The standard InChI is InChI=1S/C28H38N4O3/c1-18(19-8-12-35-13-9-19)27(33)32(11-14-34-4)21-6-5-20-15-24(29-23(20)16-21)26-22-7-10-28(2,3)17-25(22)30-31-26/h5-6,15-16,18-19,29H,7-14,17H2,1-4H3,(H,30,31). The van der Waals surface area contributed by atoms with Gasteiger partial charge in [-0.2, -0.15) is 5.10 Å². The monoisotopic (exact) mass is 478 g/mol. The van der Waals surface area contributed by atoms with Crippen molar-refractivity contribution < 1.29 is 14.3 Å². The summed E-state index contributed by atoms with van der Waals surface area (Å²) in [6, 6.07) is 8.40. The highest BCUT2D eigenvalue weighted by Gasteiger charge is 2.31. The zero-order valence-corrected chi connectivity index (χ0v) is 21.4. The van der Waals surface area contributed by atoms with Crippen molar-refractivity contribution in [3.05, 3.63) is 35.5 Å². The van der Waals surface area contributed by atoms with Gasteiger partial charge in [0.2, 0.25) is 5.91 Å². The van der Waals surface area contributed by atoms with Gasteiger partial charge < -0.3 is 19.4 Å². The smallest absolute Gasteiger partial charge is 0.230 e. The maximum Gasteiger partial charge on any atom is 0.230 e. The van der Waals surface area contributed by atoms with Gasteiger partial charge in [-0.05, 0) is 61.6 Å². The van der Waals surface area contributed by atoms with Crippen LogP contribution in [0.25, 0.3) is 22.3 Å². The molecule has 1 saturated heterocycles. The molecule has 188 valence electrons. The Morgan fingerprint density at radius 2 is 2.09 bits per heavy atom. The van der Waals surface area contributed by atoms with Crippen molar-refractivity contribution in [2.75, 3.05) is 38.4 Å². The number of aromatic amines is 2. The predicted octanol–water partition coefficient (Wildman–Crippen LogP) is 5.12. The number of hydrogen-bond donors (Lipinski definition) is 2. The Bertz CT molecular complexity index is 1190. The van der Waals surface area contributed by atoms with Crippen molar-refractivity contribution in [3.63, 3.8) is 0 Å². The quantitative estimate of drug-likeness (QED) is 0.494. The molecule has 7 nitrogen and oxygen atoms in total. The Hall–Kier alpha value is -2.64. The lowest BCUT2D eigenvalue weighted by Crippen LogP contribution is -2.41. The van der Waals surface area contributed by atoms with E-state index in [9.17, 15) is 4.79 Å². The van der Waals surface area contributed by atoms with Gasteiger partial charge in [-0.1, -0.05) is 26.8 Å². The van der Waals surface area contributed by atoms with Gasteiger partial charge in [0, 0.05) is 60.6 Å². The van der Waals surface area contributed by atoms with E-state index < -0.39 is 0 Å². The van der Waals surface area contributed by atoms with Gasteiger partial charge in [0.1, 0.15) is 5.69 Å². The Morgan fingerprint density at radius 3 is 2.86 bits per heavy atom. The first-order valence-electron chi connectivity index (χ1n) is 12.9. The second-order valence-electron chi connectivity index (χ2n) is 11.0. The zero-order chi connectivity index (χ0) is 24.6. The summed E-state index contributed by atoms with van der Waals surface area (Å²) in [5, 5.41) is 9.09. The van der Waals surface area contributed by atoms with Gasteiger partial charge in [-0.15, -0.1) is 0 Å². The maximum absolute atomic E-state index is 13.6. The van der Waals surface area contributed by atoms with Crippen LogP contribution in [0.4, 0.5) is 5.69 Å². The molecule has 1 unspecified atom stereocenters. The third kappa shape index (κ3) is 4.89. The number of nitrogens with one attached hydrogen (secondary N) is 2. The van der Waals surface area contributed by atoms with Crippen molar-refractivity contribution in [1.29, 1.82) is 0 Å². The van der Waals surface area contributed by atoms with E-state index in [2.05, 4.69) is 54.2 Å². The van der Waals surface area contributed by atoms with Crippen LogP contribution in [-0.4, -0.2) is 54.6 Å². The number of anilines is 1. The van der Waals surface area contributed by atoms with E-state index in [1.54, 1.807) is 7.11 Å². The number of carbonyl (C=O) groups excluding carboxylic acids is 1. The molecule has 2 aromatic heterocycles. The topological polar surface area (TPSA) is 83.2 Å². The predicted molar refractivity (Wildman–Crippen MR) is 139 cm³/mol. The molecule has 0 spiro atoms. The van der Waals surface area contributed by atoms with Crippen molar-refractivity contribution in [2.24, 2.45) is 17.3 Å². The Balaban J connectivity index is 1.43. The van der Waals surface area contributed by atoms with Crippen molar-refractivity contribution >= 4 is 22.5 Å². The molecule has 1 fully saturated rings. The van der Waals surface area contributed by atoms with E-state index in [1.807, 2.05) is 11.0 Å². The fourth-order valence-electron chi connectivity index (χ4n) is 5.69. The summed E-state index contributed by atoms with van der Waals surface area (Å²) in [4.78, 5) is 19.1. The Labute approximate surface area is 207 Å². The SMILES string of the molecule is COCCN(C(=O)C(C)C1CCOCC1)c1ccc2cc(-c3n[nH]c4c3CCC(C)(C)C4)[nH]c2c1. The Kier molecular flexibility index (Phi) is 6.73. The number of rotatable bonds is 7. The Morgan fingerprint density at radius 1 is 1.29 bits per heavy atom. The maximum atomic E-state index is 13.6. The van der Waals surface area contributed by atoms with Gasteiger partial charge >= 0.3 is 0 Å². The molecule has 2 N–H and O–H groups in total. The molecular formula is C28H38N4O3. The lowest BCUT2D eigenvalue weighted by Gasteiger charge is -2.32. The number of amides is 1. The van der Waals surface area contributed by atoms with Crippen LogP contribution in [0.5, 0.6) is 0 Å². The minimum Gasteiger partial charge on any atom is -0.383 e. The van der Waals surface area contributed by atoms with Crippen LogP contribution >= 0.6 is 0 Å². The molecule has 2 aliphatic rings. The molecule has 1 aliphatic carbocycles. The number of nitrogens with zero attached hydrogens (tertiary/aromatic N) is 2. The van der Waals surface area contributed by atoms with E-state index in [4.69, 9.17) is 9.47 Å². The van der Waals surface area contributed by atoms with Crippen LogP contribution in [0.1, 0.15) is 51.3 Å².